The van der Waals surface area contributed by atoms with E-state index in [1.165, 1.54) is 15.9 Å². The summed E-state index contributed by atoms with van der Waals surface area (Å²) in [5.74, 6) is 0. The Morgan fingerprint density at radius 2 is 1.21 bits per heavy atom. The summed E-state index contributed by atoms with van der Waals surface area (Å²) in [6.07, 6.45) is 1.84. The SMILES string of the molecule is c1ccc(P(c2ccccc2)c2cc3ccccc3nc2-c2ccccn2)cc1. The van der Waals surface area contributed by atoms with Gasteiger partial charge in [-0.1, -0.05) is 84.9 Å². The van der Waals surface area contributed by atoms with E-state index in [1.807, 2.05) is 30.5 Å². The minimum absolute atomic E-state index is 0.766. The number of benzene rings is 3. The third-order valence-corrected chi connectivity index (χ3v) is 7.33. The molecule has 0 saturated heterocycles. The molecule has 0 aliphatic rings. The van der Waals surface area contributed by atoms with Gasteiger partial charge in [-0.25, -0.2) is 4.98 Å². The lowest BCUT2D eigenvalue weighted by molar-refractivity contribution is 1.29. The molecule has 3 aromatic carbocycles. The van der Waals surface area contributed by atoms with Crippen molar-refractivity contribution >= 4 is 34.7 Å². The Kier molecular flexibility index (Phi) is 4.86. The number of rotatable bonds is 4. The molecule has 0 spiro atoms. The van der Waals surface area contributed by atoms with Gasteiger partial charge in [-0.05, 0) is 42.8 Å². The average molecular weight is 390 g/mol. The molecule has 0 aliphatic carbocycles. The minimum Gasteiger partial charge on any atom is -0.255 e. The Balaban J connectivity index is 1.83. The van der Waals surface area contributed by atoms with Gasteiger partial charge in [-0.15, -0.1) is 0 Å². The second-order valence-corrected chi connectivity index (χ2v) is 8.96. The van der Waals surface area contributed by atoms with Crippen molar-refractivity contribution in [3.05, 3.63) is 115 Å². The fraction of sp³-hybridized carbons (Fsp3) is 0. The van der Waals surface area contributed by atoms with E-state index in [1.54, 1.807) is 0 Å². The molecule has 0 bridgehead atoms. The van der Waals surface area contributed by atoms with Crippen LogP contribution in [0.4, 0.5) is 0 Å². The van der Waals surface area contributed by atoms with Crippen molar-refractivity contribution < 1.29 is 0 Å². The third kappa shape index (κ3) is 3.55. The number of hydrogen-bond donors (Lipinski definition) is 0. The molecule has 0 atom stereocenters. The lowest BCUT2D eigenvalue weighted by atomic mass is 10.1. The van der Waals surface area contributed by atoms with Crippen molar-refractivity contribution in [3.63, 3.8) is 0 Å². The first kappa shape index (κ1) is 17.7. The van der Waals surface area contributed by atoms with Crippen LogP contribution in [0.3, 0.4) is 0 Å². The van der Waals surface area contributed by atoms with Crippen molar-refractivity contribution in [2.45, 2.75) is 0 Å². The zero-order valence-corrected chi connectivity index (χ0v) is 16.7. The first-order valence-electron chi connectivity index (χ1n) is 9.61. The van der Waals surface area contributed by atoms with Crippen LogP contribution in [0.25, 0.3) is 22.3 Å². The molecule has 2 nitrogen and oxygen atoms in total. The van der Waals surface area contributed by atoms with Crippen LogP contribution in [0.15, 0.2) is 115 Å². The molecule has 0 amide bonds. The summed E-state index contributed by atoms with van der Waals surface area (Å²) in [7, 11) is -0.766. The Morgan fingerprint density at radius 1 is 0.586 bits per heavy atom. The van der Waals surface area contributed by atoms with E-state index in [2.05, 4.69) is 89.9 Å². The average Bonchev–Trinajstić information content (AvgIpc) is 2.81. The molecule has 0 N–H and O–H groups in total. The van der Waals surface area contributed by atoms with Gasteiger partial charge in [0.1, 0.15) is 0 Å². The maximum absolute atomic E-state index is 5.07. The predicted octanol–water partition coefficient (Wildman–Crippen LogP) is 5.06. The second kappa shape index (κ2) is 7.95. The summed E-state index contributed by atoms with van der Waals surface area (Å²) in [4.78, 5) is 9.71. The third-order valence-electron chi connectivity index (χ3n) is 4.88. The molecular weight excluding hydrogens is 371 g/mol. The van der Waals surface area contributed by atoms with Gasteiger partial charge in [0, 0.05) is 16.9 Å². The van der Waals surface area contributed by atoms with E-state index in [0.29, 0.717) is 0 Å². The van der Waals surface area contributed by atoms with Gasteiger partial charge in [0.25, 0.3) is 0 Å². The molecule has 5 aromatic rings. The van der Waals surface area contributed by atoms with Gasteiger partial charge in [-0.2, -0.15) is 0 Å². The highest BCUT2D eigenvalue weighted by Gasteiger charge is 2.22. The predicted molar refractivity (Wildman–Crippen MR) is 124 cm³/mol. The van der Waals surface area contributed by atoms with E-state index >= 15 is 0 Å². The maximum Gasteiger partial charge on any atom is 0.0977 e. The molecule has 2 heterocycles. The summed E-state index contributed by atoms with van der Waals surface area (Å²) in [6, 6.07) is 38.1. The zero-order chi connectivity index (χ0) is 19.5. The van der Waals surface area contributed by atoms with Crippen LogP contribution in [0, 0.1) is 0 Å². The zero-order valence-electron chi connectivity index (χ0n) is 15.8. The number of aromatic nitrogens is 2. The molecule has 0 radical (unpaired) electrons. The van der Waals surface area contributed by atoms with Crippen molar-refractivity contribution in [2.24, 2.45) is 0 Å². The maximum atomic E-state index is 5.07. The summed E-state index contributed by atoms with van der Waals surface area (Å²) in [5.41, 5.74) is 2.86. The number of pyridine rings is 2. The topological polar surface area (TPSA) is 25.8 Å². The molecule has 3 heteroatoms. The quantitative estimate of drug-likeness (QED) is 0.401. The molecule has 0 fully saturated rings. The van der Waals surface area contributed by atoms with Crippen molar-refractivity contribution in [2.75, 3.05) is 0 Å². The van der Waals surface area contributed by atoms with Crippen molar-refractivity contribution in [3.8, 4) is 11.4 Å². The molecule has 0 saturated carbocycles. The van der Waals surface area contributed by atoms with Gasteiger partial charge in [0.15, 0.2) is 0 Å². The lowest BCUT2D eigenvalue weighted by Crippen LogP contribution is -2.23. The van der Waals surface area contributed by atoms with Crippen LogP contribution in [-0.4, -0.2) is 9.97 Å². The molecule has 5 rings (SSSR count). The number of fused-ring (bicyclic) bond motifs is 1. The first-order valence-corrected chi connectivity index (χ1v) is 11.0. The summed E-state index contributed by atoms with van der Waals surface area (Å²) in [5, 5.41) is 5.00. The van der Waals surface area contributed by atoms with E-state index in [4.69, 9.17) is 4.98 Å². The smallest absolute Gasteiger partial charge is 0.0977 e. The fourth-order valence-electron chi connectivity index (χ4n) is 3.55. The van der Waals surface area contributed by atoms with Crippen LogP contribution < -0.4 is 15.9 Å². The molecule has 29 heavy (non-hydrogen) atoms. The highest BCUT2D eigenvalue weighted by atomic mass is 31.1. The summed E-state index contributed by atoms with van der Waals surface area (Å²) in [6.45, 7) is 0. The largest absolute Gasteiger partial charge is 0.255 e. The number of hydrogen-bond acceptors (Lipinski definition) is 2. The fourth-order valence-corrected chi connectivity index (χ4v) is 5.99. The van der Waals surface area contributed by atoms with Gasteiger partial charge in [-0.3, -0.25) is 4.98 Å². The van der Waals surface area contributed by atoms with Gasteiger partial charge in [0.2, 0.25) is 0 Å². The monoisotopic (exact) mass is 390 g/mol. The number of nitrogens with zero attached hydrogens (tertiary/aromatic N) is 2. The van der Waals surface area contributed by atoms with Crippen LogP contribution in [0.2, 0.25) is 0 Å². The molecule has 138 valence electrons. The Hall–Kier alpha value is -3.35. The van der Waals surface area contributed by atoms with Crippen molar-refractivity contribution in [1.82, 2.24) is 9.97 Å². The van der Waals surface area contributed by atoms with Crippen LogP contribution in [0.1, 0.15) is 0 Å². The van der Waals surface area contributed by atoms with Crippen molar-refractivity contribution in [1.29, 1.82) is 0 Å². The summed E-state index contributed by atoms with van der Waals surface area (Å²) >= 11 is 0. The standard InChI is InChI=1S/C26H19N2P/c1-3-12-21(13-4-1)29(22-14-5-2-6-15-22)25-19-20-11-7-8-16-23(20)28-26(25)24-17-9-10-18-27-24/h1-19H. The molecule has 2 aromatic heterocycles. The van der Waals surface area contributed by atoms with Gasteiger partial charge in [0.05, 0.1) is 16.9 Å². The summed E-state index contributed by atoms with van der Waals surface area (Å²) < 4.78 is 0. The van der Waals surface area contributed by atoms with Crippen LogP contribution in [0.5, 0.6) is 0 Å². The van der Waals surface area contributed by atoms with Crippen LogP contribution >= 0.6 is 7.92 Å². The van der Waals surface area contributed by atoms with E-state index in [9.17, 15) is 0 Å². The minimum atomic E-state index is -0.766. The molecule has 0 aliphatic heterocycles. The Bertz CT molecular complexity index is 1200. The first-order chi connectivity index (χ1) is 14.4. The Morgan fingerprint density at radius 3 is 1.86 bits per heavy atom. The highest BCUT2D eigenvalue weighted by Crippen LogP contribution is 2.37. The lowest BCUT2D eigenvalue weighted by Gasteiger charge is -2.22. The molecule has 0 unspecified atom stereocenters. The van der Waals surface area contributed by atoms with E-state index in [0.717, 1.165) is 22.3 Å². The number of para-hydroxylation sites is 1. The second-order valence-electron chi connectivity index (χ2n) is 6.77. The van der Waals surface area contributed by atoms with Gasteiger partial charge < -0.3 is 0 Å². The van der Waals surface area contributed by atoms with Crippen LogP contribution in [-0.2, 0) is 0 Å². The highest BCUT2D eigenvalue weighted by molar-refractivity contribution is 7.80. The molecular formula is C26H19N2P. The van der Waals surface area contributed by atoms with E-state index in [-0.39, 0.29) is 0 Å². The van der Waals surface area contributed by atoms with E-state index < -0.39 is 7.92 Å². The normalized spacial score (nSPS) is 11.1. The Labute approximate surface area is 171 Å². The van der Waals surface area contributed by atoms with Gasteiger partial charge >= 0.3 is 0 Å².